The van der Waals surface area contributed by atoms with E-state index in [4.69, 9.17) is 25.8 Å². The molecule has 1 saturated carbocycles. The van der Waals surface area contributed by atoms with Gasteiger partial charge in [-0.25, -0.2) is 4.79 Å². The van der Waals surface area contributed by atoms with Gasteiger partial charge < -0.3 is 19.1 Å². The molecule has 1 amide bonds. The van der Waals surface area contributed by atoms with Crippen LogP contribution in [0.2, 0.25) is 5.02 Å². The first kappa shape index (κ1) is 21.0. The molecule has 4 rings (SSSR count). The molecule has 1 aromatic rings. The maximum Gasteiger partial charge on any atom is 0.410 e. The highest BCUT2D eigenvalue weighted by Crippen LogP contribution is 2.47. The molecule has 2 saturated heterocycles. The Bertz CT molecular complexity index is 728. The smallest absolute Gasteiger partial charge is 0.410 e. The molecule has 160 valence electrons. The lowest BCUT2D eigenvalue weighted by Gasteiger charge is -2.51. The van der Waals surface area contributed by atoms with Crippen molar-refractivity contribution in [2.24, 2.45) is 5.41 Å². The Balaban J connectivity index is 1.39. The van der Waals surface area contributed by atoms with Gasteiger partial charge in [-0.2, -0.15) is 0 Å². The third-order valence-electron chi connectivity index (χ3n) is 6.74. The van der Waals surface area contributed by atoms with E-state index in [1.165, 1.54) is 0 Å². The topological polar surface area (TPSA) is 48.0 Å². The molecule has 5 nitrogen and oxygen atoms in total. The summed E-state index contributed by atoms with van der Waals surface area (Å²) in [6.45, 7) is 8.56. The van der Waals surface area contributed by atoms with Crippen LogP contribution in [0.3, 0.4) is 0 Å². The van der Waals surface area contributed by atoms with Gasteiger partial charge in [0.15, 0.2) is 5.79 Å². The van der Waals surface area contributed by atoms with Gasteiger partial charge in [-0.15, -0.1) is 0 Å². The number of carbonyl (C=O) groups excluding carboxylic acids is 1. The van der Waals surface area contributed by atoms with Gasteiger partial charge in [0.25, 0.3) is 0 Å². The molecular weight excluding hydrogens is 390 g/mol. The SMILES string of the molecule is CCC(c1ccc(Cl)cc1)N1CCC2(CCC3(CC2)OCC(C)(C)CO3)OC1=O. The maximum absolute atomic E-state index is 13.0. The van der Waals surface area contributed by atoms with Crippen molar-refractivity contribution < 1.29 is 19.0 Å². The molecule has 0 radical (unpaired) electrons. The first-order chi connectivity index (χ1) is 13.8. The van der Waals surface area contributed by atoms with Gasteiger partial charge >= 0.3 is 6.09 Å². The average molecular weight is 422 g/mol. The molecule has 0 aromatic heterocycles. The van der Waals surface area contributed by atoms with Gasteiger partial charge in [-0.3, -0.25) is 0 Å². The standard InChI is InChI=1S/C23H32ClNO4/c1-4-19(17-5-7-18(24)8-6-17)25-14-13-22(29-20(25)26)9-11-23(12-10-22)27-15-21(2,3)16-28-23/h5-8,19H,4,9-16H2,1-3H3. The maximum atomic E-state index is 13.0. The quantitative estimate of drug-likeness (QED) is 0.626. The Hall–Kier alpha value is -1.30. The van der Waals surface area contributed by atoms with Crippen LogP contribution >= 0.6 is 11.6 Å². The highest BCUT2D eigenvalue weighted by atomic mass is 35.5. The molecule has 1 aliphatic carbocycles. The van der Waals surface area contributed by atoms with Crippen LogP contribution in [0, 0.1) is 5.41 Å². The molecule has 2 spiro atoms. The van der Waals surface area contributed by atoms with Crippen molar-refractivity contribution in [1.82, 2.24) is 4.90 Å². The number of nitrogens with zero attached hydrogens (tertiary/aromatic N) is 1. The largest absolute Gasteiger partial charge is 0.443 e. The number of halogens is 1. The van der Waals surface area contributed by atoms with E-state index in [0.717, 1.165) is 44.1 Å². The number of carbonyl (C=O) groups is 1. The number of amides is 1. The van der Waals surface area contributed by atoms with Crippen molar-refractivity contribution in [2.45, 2.75) is 76.7 Å². The third-order valence-corrected chi connectivity index (χ3v) is 6.99. The minimum atomic E-state index is -0.487. The first-order valence-corrected chi connectivity index (χ1v) is 11.2. The van der Waals surface area contributed by atoms with E-state index < -0.39 is 5.79 Å². The summed E-state index contributed by atoms with van der Waals surface area (Å²) in [4.78, 5) is 14.8. The van der Waals surface area contributed by atoms with E-state index in [1.807, 2.05) is 29.2 Å². The summed E-state index contributed by atoms with van der Waals surface area (Å²) in [7, 11) is 0. The highest BCUT2D eigenvalue weighted by Gasteiger charge is 2.51. The molecule has 2 heterocycles. The fourth-order valence-corrected chi connectivity index (χ4v) is 4.90. The van der Waals surface area contributed by atoms with E-state index in [2.05, 4.69) is 20.8 Å². The number of hydrogen-bond donors (Lipinski definition) is 0. The number of benzene rings is 1. The summed E-state index contributed by atoms with van der Waals surface area (Å²) in [5.74, 6) is -0.487. The molecule has 2 aliphatic heterocycles. The van der Waals surface area contributed by atoms with E-state index in [-0.39, 0.29) is 23.2 Å². The molecule has 29 heavy (non-hydrogen) atoms. The molecule has 1 aromatic carbocycles. The summed E-state index contributed by atoms with van der Waals surface area (Å²) in [6.07, 6.45) is 4.64. The van der Waals surface area contributed by atoms with Crippen molar-refractivity contribution >= 4 is 17.7 Å². The molecule has 1 atom stereocenters. The molecular formula is C23H32ClNO4. The van der Waals surface area contributed by atoms with Gasteiger partial charge in [-0.1, -0.05) is 44.5 Å². The van der Waals surface area contributed by atoms with Crippen LogP contribution in [-0.4, -0.2) is 42.1 Å². The predicted molar refractivity (Wildman–Crippen MR) is 112 cm³/mol. The molecule has 0 bridgehead atoms. The monoisotopic (exact) mass is 421 g/mol. The van der Waals surface area contributed by atoms with Crippen LogP contribution < -0.4 is 0 Å². The number of ether oxygens (including phenoxy) is 3. The minimum Gasteiger partial charge on any atom is -0.443 e. The minimum absolute atomic E-state index is 0.0132. The first-order valence-electron chi connectivity index (χ1n) is 10.8. The van der Waals surface area contributed by atoms with Crippen LogP contribution in [0.15, 0.2) is 24.3 Å². The van der Waals surface area contributed by atoms with Crippen LogP contribution in [0.4, 0.5) is 4.79 Å². The number of rotatable bonds is 3. The normalized spacial score (nSPS) is 26.3. The lowest BCUT2D eigenvalue weighted by Crippen LogP contribution is -2.57. The molecule has 0 N–H and O–H groups in total. The predicted octanol–water partition coefficient (Wildman–Crippen LogP) is 5.72. The van der Waals surface area contributed by atoms with Crippen molar-refractivity contribution in [3.8, 4) is 0 Å². The molecule has 6 heteroatoms. The summed E-state index contributed by atoms with van der Waals surface area (Å²) in [5, 5.41) is 0.704. The van der Waals surface area contributed by atoms with Gasteiger partial charge in [0.2, 0.25) is 0 Å². The highest BCUT2D eigenvalue weighted by molar-refractivity contribution is 6.30. The second-order valence-electron chi connectivity index (χ2n) is 9.62. The molecule has 3 aliphatic rings. The van der Waals surface area contributed by atoms with Gasteiger partial charge in [0.1, 0.15) is 5.60 Å². The van der Waals surface area contributed by atoms with Crippen LogP contribution in [0.1, 0.15) is 70.9 Å². The summed E-state index contributed by atoms with van der Waals surface area (Å²) >= 11 is 6.02. The Morgan fingerprint density at radius 3 is 2.21 bits per heavy atom. The molecule has 3 fully saturated rings. The third kappa shape index (κ3) is 4.28. The Kier molecular flexibility index (Phi) is 5.60. The van der Waals surface area contributed by atoms with Gasteiger partial charge in [0, 0.05) is 36.2 Å². The van der Waals surface area contributed by atoms with E-state index in [9.17, 15) is 4.79 Å². The zero-order valence-corrected chi connectivity index (χ0v) is 18.5. The van der Waals surface area contributed by atoms with Crippen molar-refractivity contribution in [1.29, 1.82) is 0 Å². The summed E-state index contributed by atoms with van der Waals surface area (Å²) in [5.41, 5.74) is 0.783. The van der Waals surface area contributed by atoms with Gasteiger partial charge in [0.05, 0.1) is 19.3 Å². The zero-order chi connectivity index (χ0) is 20.7. The number of hydrogen-bond acceptors (Lipinski definition) is 4. The lowest BCUT2D eigenvalue weighted by molar-refractivity contribution is -0.320. The van der Waals surface area contributed by atoms with E-state index in [1.54, 1.807) is 0 Å². The van der Waals surface area contributed by atoms with Crippen molar-refractivity contribution in [2.75, 3.05) is 19.8 Å². The lowest BCUT2D eigenvalue weighted by atomic mass is 9.77. The summed E-state index contributed by atoms with van der Waals surface area (Å²) < 4.78 is 18.4. The second-order valence-corrected chi connectivity index (χ2v) is 10.1. The average Bonchev–Trinajstić information content (AvgIpc) is 2.70. The van der Waals surface area contributed by atoms with Crippen LogP contribution in [0.25, 0.3) is 0 Å². The van der Waals surface area contributed by atoms with E-state index in [0.29, 0.717) is 24.8 Å². The van der Waals surface area contributed by atoms with Crippen molar-refractivity contribution in [3.05, 3.63) is 34.9 Å². The van der Waals surface area contributed by atoms with Crippen LogP contribution in [-0.2, 0) is 14.2 Å². The molecule has 1 unspecified atom stereocenters. The Morgan fingerprint density at radius 2 is 1.66 bits per heavy atom. The zero-order valence-electron chi connectivity index (χ0n) is 17.7. The van der Waals surface area contributed by atoms with Crippen LogP contribution in [0.5, 0.6) is 0 Å². The fourth-order valence-electron chi connectivity index (χ4n) is 4.78. The fraction of sp³-hybridized carbons (Fsp3) is 0.696. The Morgan fingerprint density at radius 1 is 1.03 bits per heavy atom. The van der Waals surface area contributed by atoms with E-state index >= 15 is 0 Å². The van der Waals surface area contributed by atoms with Crippen molar-refractivity contribution in [3.63, 3.8) is 0 Å². The van der Waals surface area contributed by atoms with Gasteiger partial charge in [-0.05, 0) is 37.0 Å². The summed E-state index contributed by atoms with van der Waals surface area (Å²) in [6, 6.07) is 7.76. The Labute approximate surface area is 178 Å². The second kappa shape index (κ2) is 7.75.